The monoisotopic (exact) mass is 347 g/mol. The highest BCUT2D eigenvalue weighted by Crippen LogP contribution is 2.47. The largest absolute Gasteiger partial charge is 0.356 e. The SMILES string of the molecule is O=C(NCCCSc1ccc(F)cc1)C1CC1c1ccc(F)cc1. The predicted molar refractivity (Wildman–Crippen MR) is 92.0 cm³/mol. The third kappa shape index (κ3) is 4.57. The van der Waals surface area contributed by atoms with E-state index in [4.69, 9.17) is 0 Å². The Morgan fingerprint density at radius 2 is 1.67 bits per heavy atom. The van der Waals surface area contributed by atoms with Gasteiger partial charge in [-0.05, 0) is 66.5 Å². The number of rotatable bonds is 7. The van der Waals surface area contributed by atoms with Gasteiger partial charge < -0.3 is 5.32 Å². The average Bonchev–Trinajstić information content (AvgIpc) is 3.37. The number of amides is 1. The molecule has 3 rings (SSSR count). The van der Waals surface area contributed by atoms with Crippen LogP contribution in [0.25, 0.3) is 0 Å². The quantitative estimate of drug-likeness (QED) is 0.595. The van der Waals surface area contributed by atoms with Gasteiger partial charge in [-0.2, -0.15) is 0 Å². The van der Waals surface area contributed by atoms with Gasteiger partial charge in [0.2, 0.25) is 5.91 Å². The van der Waals surface area contributed by atoms with Gasteiger partial charge in [0.1, 0.15) is 11.6 Å². The number of hydrogen-bond donors (Lipinski definition) is 1. The number of carbonyl (C=O) groups excluding carboxylic acids is 1. The molecule has 24 heavy (non-hydrogen) atoms. The van der Waals surface area contributed by atoms with Crippen molar-refractivity contribution in [3.63, 3.8) is 0 Å². The van der Waals surface area contributed by atoms with Crippen LogP contribution in [0.3, 0.4) is 0 Å². The molecule has 2 unspecified atom stereocenters. The van der Waals surface area contributed by atoms with Gasteiger partial charge in [-0.3, -0.25) is 4.79 Å². The molecule has 2 atom stereocenters. The molecular formula is C19H19F2NOS. The van der Waals surface area contributed by atoms with E-state index in [1.165, 1.54) is 24.3 Å². The van der Waals surface area contributed by atoms with E-state index in [2.05, 4.69) is 5.32 Å². The molecule has 0 saturated heterocycles. The standard InChI is InChI=1S/C19H19F2NOS/c20-14-4-2-13(3-5-14)17-12-18(17)19(23)22-10-1-11-24-16-8-6-15(21)7-9-16/h2-9,17-18H,1,10-12H2,(H,22,23). The van der Waals surface area contributed by atoms with Crippen LogP contribution in [-0.2, 0) is 4.79 Å². The van der Waals surface area contributed by atoms with Crippen LogP contribution >= 0.6 is 11.8 Å². The van der Waals surface area contributed by atoms with Crippen molar-refractivity contribution in [3.05, 3.63) is 65.7 Å². The van der Waals surface area contributed by atoms with Crippen LogP contribution < -0.4 is 5.32 Å². The summed E-state index contributed by atoms with van der Waals surface area (Å²) in [7, 11) is 0. The lowest BCUT2D eigenvalue weighted by molar-refractivity contribution is -0.122. The van der Waals surface area contributed by atoms with Crippen LogP contribution in [0.1, 0.15) is 24.3 Å². The second kappa shape index (κ2) is 7.79. The van der Waals surface area contributed by atoms with E-state index in [1.807, 2.05) is 0 Å². The molecule has 2 aromatic carbocycles. The summed E-state index contributed by atoms with van der Waals surface area (Å²) in [4.78, 5) is 13.1. The summed E-state index contributed by atoms with van der Waals surface area (Å²) < 4.78 is 25.7. The minimum Gasteiger partial charge on any atom is -0.356 e. The molecule has 126 valence electrons. The second-order valence-electron chi connectivity index (χ2n) is 5.95. The van der Waals surface area contributed by atoms with Crippen molar-refractivity contribution in [3.8, 4) is 0 Å². The predicted octanol–water partition coefficient (Wildman–Crippen LogP) is 4.37. The Bertz CT molecular complexity index is 688. The van der Waals surface area contributed by atoms with Crippen molar-refractivity contribution >= 4 is 17.7 Å². The summed E-state index contributed by atoms with van der Waals surface area (Å²) in [6.45, 7) is 0.639. The maximum Gasteiger partial charge on any atom is 0.223 e. The van der Waals surface area contributed by atoms with E-state index in [1.54, 1.807) is 36.0 Å². The molecule has 0 heterocycles. The van der Waals surface area contributed by atoms with Crippen molar-refractivity contribution < 1.29 is 13.6 Å². The third-order valence-corrected chi connectivity index (χ3v) is 5.23. The van der Waals surface area contributed by atoms with Gasteiger partial charge in [0.25, 0.3) is 0 Å². The fourth-order valence-corrected chi connectivity index (χ4v) is 3.55. The van der Waals surface area contributed by atoms with Crippen LogP contribution in [0.2, 0.25) is 0 Å². The fourth-order valence-electron chi connectivity index (χ4n) is 2.70. The van der Waals surface area contributed by atoms with E-state index in [9.17, 15) is 13.6 Å². The summed E-state index contributed by atoms with van der Waals surface area (Å²) in [6, 6.07) is 12.8. The molecule has 0 spiro atoms. The van der Waals surface area contributed by atoms with E-state index in [-0.39, 0.29) is 29.4 Å². The maximum atomic E-state index is 12.9. The number of benzene rings is 2. The molecule has 2 aromatic rings. The van der Waals surface area contributed by atoms with E-state index >= 15 is 0 Å². The summed E-state index contributed by atoms with van der Waals surface area (Å²) >= 11 is 1.65. The Kier molecular flexibility index (Phi) is 5.51. The zero-order valence-corrected chi connectivity index (χ0v) is 14.0. The lowest BCUT2D eigenvalue weighted by Gasteiger charge is -2.05. The van der Waals surface area contributed by atoms with Gasteiger partial charge >= 0.3 is 0 Å². The number of thioether (sulfide) groups is 1. The average molecular weight is 347 g/mol. The summed E-state index contributed by atoms with van der Waals surface area (Å²) in [5.74, 6) is 0.708. The van der Waals surface area contributed by atoms with E-state index in [0.29, 0.717) is 6.54 Å². The van der Waals surface area contributed by atoms with Gasteiger partial charge in [0.15, 0.2) is 0 Å². The highest BCUT2D eigenvalue weighted by atomic mass is 32.2. The first-order valence-electron chi connectivity index (χ1n) is 8.05. The molecule has 5 heteroatoms. The Hall–Kier alpha value is -1.88. The topological polar surface area (TPSA) is 29.1 Å². The third-order valence-electron chi connectivity index (χ3n) is 4.13. The lowest BCUT2D eigenvalue weighted by atomic mass is 10.1. The Morgan fingerprint density at radius 3 is 2.33 bits per heavy atom. The van der Waals surface area contributed by atoms with Gasteiger partial charge in [0.05, 0.1) is 0 Å². The summed E-state index contributed by atoms with van der Waals surface area (Å²) in [5.41, 5.74) is 1.03. The Morgan fingerprint density at radius 1 is 1.04 bits per heavy atom. The molecule has 1 fully saturated rings. The Labute approximate surface area is 144 Å². The molecule has 0 aromatic heterocycles. The number of halogens is 2. The van der Waals surface area contributed by atoms with E-state index in [0.717, 1.165) is 29.1 Å². The number of nitrogens with one attached hydrogen (secondary N) is 1. The van der Waals surface area contributed by atoms with Crippen molar-refractivity contribution in [2.24, 2.45) is 5.92 Å². The van der Waals surface area contributed by atoms with Crippen LogP contribution in [0, 0.1) is 17.6 Å². The van der Waals surface area contributed by atoms with Crippen molar-refractivity contribution in [1.82, 2.24) is 5.32 Å². The van der Waals surface area contributed by atoms with Crippen molar-refractivity contribution in [2.45, 2.75) is 23.7 Å². The smallest absolute Gasteiger partial charge is 0.223 e. The molecule has 2 nitrogen and oxygen atoms in total. The molecule has 1 saturated carbocycles. The molecule has 0 bridgehead atoms. The van der Waals surface area contributed by atoms with Crippen LogP contribution in [-0.4, -0.2) is 18.2 Å². The number of carbonyl (C=O) groups is 1. The highest BCUT2D eigenvalue weighted by Gasteiger charge is 2.43. The molecule has 1 aliphatic rings. The first kappa shape index (κ1) is 17.0. The van der Waals surface area contributed by atoms with Crippen LogP contribution in [0.4, 0.5) is 8.78 Å². The lowest BCUT2D eigenvalue weighted by Crippen LogP contribution is -2.26. The van der Waals surface area contributed by atoms with Gasteiger partial charge in [-0.15, -0.1) is 11.8 Å². The summed E-state index contributed by atoms with van der Waals surface area (Å²) in [6.07, 6.45) is 1.70. The number of hydrogen-bond acceptors (Lipinski definition) is 2. The van der Waals surface area contributed by atoms with Crippen molar-refractivity contribution in [1.29, 1.82) is 0 Å². The minimum atomic E-state index is -0.251. The van der Waals surface area contributed by atoms with Crippen LogP contribution in [0.5, 0.6) is 0 Å². The maximum absolute atomic E-state index is 12.9. The first-order valence-corrected chi connectivity index (χ1v) is 9.03. The first-order chi connectivity index (χ1) is 11.6. The molecule has 1 aliphatic carbocycles. The minimum absolute atomic E-state index is 0.0141. The van der Waals surface area contributed by atoms with Gasteiger partial charge in [-0.1, -0.05) is 12.1 Å². The van der Waals surface area contributed by atoms with Gasteiger partial charge in [0, 0.05) is 17.4 Å². The summed E-state index contributed by atoms with van der Waals surface area (Å²) in [5, 5.41) is 2.96. The highest BCUT2D eigenvalue weighted by molar-refractivity contribution is 7.99. The molecule has 0 radical (unpaired) electrons. The van der Waals surface area contributed by atoms with E-state index < -0.39 is 0 Å². The molecule has 1 N–H and O–H groups in total. The van der Waals surface area contributed by atoms with Crippen molar-refractivity contribution in [2.75, 3.05) is 12.3 Å². The van der Waals surface area contributed by atoms with Crippen LogP contribution in [0.15, 0.2) is 53.4 Å². The second-order valence-corrected chi connectivity index (χ2v) is 7.12. The molecule has 0 aliphatic heterocycles. The molecular weight excluding hydrogens is 328 g/mol. The normalized spacial score (nSPS) is 19.1. The fraction of sp³-hybridized carbons (Fsp3) is 0.316. The zero-order valence-electron chi connectivity index (χ0n) is 13.2. The van der Waals surface area contributed by atoms with Gasteiger partial charge in [-0.25, -0.2) is 8.78 Å². The molecule has 1 amide bonds. The zero-order chi connectivity index (χ0) is 16.9. The Balaban J connectivity index is 1.33.